The van der Waals surface area contributed by atoms with Gasteiger partial charge < -0.3 is 19.7 Å². The number of amides is 2. The van der Waals surface area contributed by atoms with Gasteiger partial charge >= 0.3 is 0 Å². The molecule has 0 aromatic heterocycles. The predicted molar refractivity (Wildman–Crippen MR) is 96.0 cm³/mol. The Labute approximate surface area is 155 Å². The second kappa shape index (κ2) is 6.90. The van der Waals surface area contributed by atoms with Gasteiger partial charge in [0.2, 0.25) is 18.6 Å². The molecule has 2 amide bonds. The highest BCUT2D eigenvalue weighted by atomic mass is 19.1. The SMILES string of the molecule is Cc1cc(F)ccc1N1CCC(C(=O)NCc2ccc3c(c2)OCO3)C1=O. The van der Waals surface area contributed by atoms with E-state index in [-0.39, 0.29) is 24.4 Å². The topological polar surface area (TPSA) is 67.9 Å². The van der Waals surface area contributed by atoms with Crippen LogP contribution in [0, 0.1) is 18.7 Å². The molecule has 7 heteroatoms. The molecule has 140 valence electrons. The number of benzene rings is 2. The van der Waals surface area contributed by atoms with Crippen LogP contribution in [0.4, 0.5) is 10.1 Å². The zero-order chi connectivity index (χ0) is 19.0. The van der Waals surface area contributed by atoms with E-state index >= 15 is 0 Å². The summed E-state index contributed by atoms with van der Waals surface area (Å²) in [7, 11) is 0. The van der Waals surface area contributed by atoms with Crippen molar-refractivity contribution in [1.82, 2.24) is 5.32 Å². The van der Waals surface area contributed by atoms with Crippen molar-refractivity contribution in [2.75, 3.05) is 18.2 Å². The molecular weight excluding hydrogens is 351 g/mol. The Balaban J connectivity index is 1.40. The number of halogens is 1. The normalized spacial score (nSPS) is 18.1. The fourth-order valence-electron chi connectivity index (χ4n) is 3.45. The minimum Gasteiger partial charge on any atom is -0.454 e. The van der Waals surface area contributed by atoms with Crippen molar-refractivity contribution in [2.24, 2.45) is 5.92 Å². The van der Waals surface area contributed by atoms with Crippen LogP contribution >= 0.6 is 0 Å². The van der Waals surface area contributed by atoms with Gasteiger partial charge in [0, 0.05) is 18.8 Å². The Bertz CT molecular complexity index is 915. The first-order chi connectivity index (χ1) is 13.0. The molecule has 27 heavy (non-hydrogen) atoms. The van der Waals surface area contributed by atoms with Crippen LogP contribution in [-0.4, -0.2) is 25.2 Å². The first-order valence-electron chi connectivity index (χ1n) is 8.77. The van der Waals surface area contributed by atoms with E-state index in [1.807, 2.05) is 12.1 Å². The minimum atomic E-state index is -0.733. The van der Waals surface area contributed by atoms with Crippen molar-refractivity contribution in [1.29, 1.82) is 0 Å². The molecule has 2 aromatic rings. The van der Waals surface area contributed by atoms with Gasteiger partial charge in [0.05, 0.1) is 0 Å². The lowest BCUT2D eigenvalue weighted by atomic mass is 10.1. The maximum absolute atomic E-state index is 13.3. The number of hydrogen-bond acceptors (Lipinski definition) is 4. The van der Waals surface area contributed by atoms with Crippen molar-refractivity contribution in [2.45, 2.75) is 19.9 Å². The van der Waals surface area contributed by atoms with Crippen molar-refractivity contribution < 1.29 is 23.5 Å². The summed E-state index contributed by atoms with van der Waals surface area (Å²) in [6.45, 7) is 2.68. The molecular formula is C20H19FN2O4. The van der Waals surface area contributed by atoms with E-state index in [9.17, 15) is 14.0 Å². The van der Waals surface area contributed by atoms with E-state index in [2.05, 4.69) is 5.32 Å². The van der Waals surface area contributed by atoms with E-state index in [0.29, 0.717) is 42.3 Å². The Kier molecular flexibility index (Phi) is 4.43. The lowest BCUT2D eigenvalue weighted by molar-refractivity contribution is -0.132. The largest absolute Gasteiger partial charge is 0.454 e. The molecule has 1 saturated heterocycles. The van der Waals surface area contributed by atoms with Gasteiger partial charge in [0.1, 0.15) is 11.7 Å². The average Bonchev–Trinajstić information content (AvgIpc) is 3.26. The lowest BCUT2D eigenvalue weighted by Gasteiger charge is -2.19. The molecule has 2 aliphatic heterocycles. The second-order valence-corrected chi connectivity index (χ2v) is 6.67. The van der Waals surface area contributed by atoms with Crippen LogP contribution in [-0.2, 0) is 16.1 Å². The molecule has 0 radical (unpaired) electrons. The van der Waals surface area contributed by atoms with Gasteiger partial charge in [-0.3, -0.25) is 9.59 Å². The van der Waals surface area contributed by atoms with E-state index < -0.39 is 5.92 Å². The number of rotatable bonds is 4. The van der Waals surface area contributed by atoms with E-state index in [4.69, 9.17) is 9.47 Å². The van der Waals surface area contributed by atoms with Gasteiger partial charge in [-0.1, -0.05) is 6.07 Å². The number of nitrogens with one attached hydrogen (secondary N) is 1. The molecule has 0 bridgehead atoms. The molecule has 6 nitrogen and oxygen atoms in total. The first kappa shape index (κ1) is 17.3. The molecule has 1 N–H and O–H groups in total. The summed E-state index contributed by atoms with van der Waals surface area (Å²) < 4.78 is 23.9. The number of aryl methyl sites for hydroxylation is 1. The van der Waals surface area contributed by atoms with Crippen molar-refractivity contribution in [3.05, 3.63) is 53.3 Å². The Morgan fingerprint density at radius 3 is 2.85 bits per heavy atom. The summed E-state index contributed by atoms with van der Waals surface area (Å²) in [5.74, 6) is -0.310. The molecule has 0 saturated carbocycles. The summed E-state index contributed by atoms with van der Waals surface area (Å²) >= 11 is 0. The Morgan fingerprint density at radius 2 is 2.04 bits per heavy atom. The fourth-order valence-corrected chi connectivity index (χ4v) is 3.45. The van der Waals surface area contributed by atoms with Gasteiger partial charge in [0.25, 0.3) is 0 Å². The molecule has 0 aliphatic carbocycles. The van der Waals surface area contributed by atoms with Crippen LogP contribution in [0.25, 0.3) is 0 Å². The van der Waals surface area contributed by atoms with Gasteiger partial charge in [-0.25, -0.2) is 4.39 Å². The maximum atomic E-state index is 13.3. The second-order valence-electron chi connectivity index (χ2n) is 6.67. The third kappa shape index (κ3) is 3.32. The highest BCUT2D eigenvalue weighted by molar-refractivity contribution is 6.09. The minimum absolute atomic E-state index is 0.195. The van der Waals surface area contributed by atoms with Gasteiger partial charge in [-0.2, -0.15) is 0 Å². The molecule has 1 atom stereocenters. The van der Waals surface area contributed by atoms with Crippen LogP contribution in [0.2, 0.25) is 0 Å². The van der Waals surface area contributed by atoms with Crippen LogP contribution in [0.3, 0.4) is 0 Å². The molecule has 2 aliphatic rings. The average molecular weight is 370 g/mol. The van der Waals surface area contributed by atoms with Crippen molar-refractivity contribution in [3.8, 4) is 11.5 Å². The van der Waals surface area contributed by atoms with Crippen LogP contribution < -0.4 is 19.7 Å². The molecule has 0 spiro atoms. The van der Waals surface area contributed by atoms with Gasteiger partial charge in [-0.05, 0) is 54.8 Å². The number of anilines is 1. The van der Waals surface area contributed by atoms with Crippen LogP contribution in [0.1, 0.15) is 17.5 Å². The Morgan fingerprint density at radius 1 is 1.22 bits per heavy atom. The maximum Gasteiger partial charge on any atom is 0.239 e. The fraction of sp³-hybridized carbons (Fsp3) is 0.300. The summed E-state index contributed by atoms with van der Waals surface area (Å²) in [4.78, 5) is 26.7. The highest BCUT2D eigenvalue weighted by Gasteiger charge is 2.38. The predicted octanol–water partition coefficient (Wildman–Crippen LogP) is 2.53. The van der Waals surface area contributed by atoms with E-state index in [1.54, 1.807) is 24.0 Å². The Hall–Kier alpha value is -3.09. The third-order valence-corrected chi connectivity index (χ3v) is 4.88. The summed E-state index contributed by atoms with van der Waals surface area (Å²) in [6, 6.07) is 9.74. The third-order valence-electron chi connectivity index (χ3n) is 4.88. The number of ether oxygens (including phenoxy) is 2. The number of carbonyl (C=O) groups excluding carboxylic acids is 2. The molecule has 1 fully saturated rings. The zero-order valence-electron chi connectivity index (χ0n) is 14.8. The quantitative estimate of drug-likeness (QED) is 0.840. The number of carbonyl (C=O) groups is 2. The number of nitrogens with zero attached hydrogens (tertiary/aromatic N) is 1. The highest BCUT2D eigenvalue weighted by Crippen LogP contribution is 2.32. The molecule has 2 heterocycles. The van der Waals surface area contributed by atoms with E-state index in [1.165, 1.54) is 12.1 Å². The monoisotopic (exact) mass is 370 g/mol. The molecule has 2 aromatic carbocycles. The van der Waals surface area contributed by atoms with Crippen LogP contribution in [0.15, 0.2) is 36.4 Å². The first-order valence-corrected chi connectivity index (χ1v) is 8.77. The standard InChI is InChI=1S/C20H19FN2O4/c1-12-8-14(21)3-4-16(12)23-7-6-15(20(23)25)19(24)22-10-13-2-5-17-18(9-13)27-11-26-17/h2-5,8-9,15H,6-7,10-11H2,1H3,(H,22,24). The number of hydrogen-bond donors (Lipinski definition) is 1. The summed E-state index contributed by atoms with van der Waals surface area (Å²) in [6.07, 6.45) is 0.433. The summed E-state index contributed by atoms with van der Waals surface area (Å²) in [5.41, 5.74) is 2.18. The summed E-state index contributed by atoms with van der Waals surface area (Å²) in [5, 5.41) is 2.82. The smallest absolute Gasteiger partial charge is 0.239 e. The number of fused-ring (bicyclic) bond motifs is 1. The van der Waals surface area contributed by atoms with Gasteiger partial charge in [-0.15, -0.1) is 0 Å². The zero-order valence-corrected chi connectivity index (χ0v) is 14.8. The lowest BCUT2D eigenvalue weighted by Crippen LogP contribution is -2.36. The molecule has 4 rings (SSSR count). The van der Waals surface area contributed by atoms with Crippen molar-refractivity contribution >= 4 is 17.5 Å². The molecule has 1 unspecified atom stereocenters. The van der Waals surface area contributed by atoms with Gasteiger partial charge in [0.15, 0.2) is 11.5 Å². The van der Waals surface area contributed by atoms with Crippen LogP contribution in [0.5, 0.6) is 11.5 Å². The van der Waals surface area contributed by atoms with E-state index in [0.717, 1.165) is 5.56 Å². The van der Waals surface area contributed by atoms with Crippen molar-refractivity contribution in [3.63, 3.8) is 0 Å².